The number of benzene rings is 2. The van der Waals surface area contributed by atoms with Crippen molar-refractivity contribution in [2.75, 3.05) is 0 Å². The minimum Gasteiger partial charge on any atom is -0.623 e. The van der Waals surface area contributed by atoms with E-state index in [-0.39, 0.29) is 11.0 Å². The number of hydrogen-bond acceptors (Lipinski definition) is 5. The van der Waals surface area contributed by atoms with Gasteiger partial charge in [0.1, 0.15) is 6.04 Å². The van der Waals surface area contributed by atoms with Gasteiger partial charge in [-0.15, -0.1) is 10.2 Å². The fourth-order valence-corrected chi connectivity index (χ4v) is 9.04. The van der Waals surface area contributed by atoms with Crippen LogP contribution in [0.15, 0.2) is 94.8 Å². The van der Waals surface area contributed by atoms with Gasteiger partial charge in [0.25, 0.3) is 0 Å². The molecule has 55 heavy (non-hydrogen) atoms. The smallest absolute Gasteiger partial charge is 0.234 e. The van der Waals surface area contributed by atoms with E-state index in [2.05, 4.69) is 93.7 Å². The molecule has 1 heterocycles. The molecule has 0 amide bonds. The number of nitrogens with two attached hydrogens (primary N) is 2. The van der Waals surface area contributed by atoms with Crippen LogP contribution in [-0.4, -0.2) is 47.3 Å². The minimum absolute atomic E-state index is 0.0884. The number of hydroxylamine groups is 3. The summed E-state index contributed by atoms with van der Waals surface area (Å²) in [5.74, 6) is 6.92. The first-order chi connectivity index (χ1) is 25.6. The van der Waals surface area contributed by atoms with Crippen LogP contribution in [0.25, 0.3) is 21.7 Å². The highest BCUT2D eigenvalue weighted by Gasteiger charge is 2.51. The number of fused-ring (bicyclic) bond motifs is 1. The summed E-state index contributed by atoms with van der Waals surface area (Å²) >= 11 is 0. The van der Waals surface area contributed by atoms with Gasteiger partial charge in [-0.1, -0.05) is 100 Å². The van der Waals surface area contributed by atoms with Gasteiger partial charge < -0.3 is 21.5 Å². The molecule has 5 rings (SSSR count). The molecule has 1 atom stereocenters. The lowest BCUT2D eigenvalue weighted by Crippen LogP contribution is -2.53. The number of nitrogens with zero attached hydrogens (tertiary/aromatic N) is 5. The molecule has 0 saturated carbocycles. The molecule has 3 aliphatic rings. The molecular formula is C45H53N7O2Si. The average Bonchev–Trinajstić information content (AvgIpc) is 3.51. The quantitative estimate of drug-likeness (QED) is 0.0299. The maximum absolute atomic E-state index is 13.8. The third-order valence-corrected chi connectivity index (χ3v) is 15.8. The number of hydrogen-bond donors (Lipinski definition) is 2. The highest BCUT2D eigenvalue weighted by molar-refractivity contribution is 6.93. The Morgan fingerprint density at radius 1 is 0.891 bits per heavy atom. The molecule has 1 aliphatic heterocycles. The molecule has 2 aromatic rings. The second-order valence-electron chi connectivity index (χ2n) is 17.5. The van der Waals surface area contributed by atoms with E-state index in [1.807, 2.05) is 92.6 Å². The van der Waals surface area contributed by atoms with E-state index in [0.29, 0.717) is 11.5 Å². The zero-order valence-corrected chi connectivity index (χ0v) is 34.9. The zero-order chi connectivity index (χ0) is 40.5. The third-order valence-electron chi connectivity index (χ3n) is 10.3. The van der Waals surface area contributed by atoms with Crippen molar-refractivity contribution in [3.8, 4) is 23.0 Å². The van der Waals surface area contributed by atoms with Crippen LogP contribution in [-0.2, 0) is 4.84 Å². The van der Waals surface area contributed by atoms with Gasteiger partial charge >= 0.3 is 0 Å². The van der Waals surface area contributed by atoms with E-state index in [1.165, 1.54) is 5.19 Å². The fourth-order valence-electron chi connectivity index (χ4n) is 6.47. The van der Waals surface area contributed by atoms with Gasteiger partial charge in [0.2, 0.25) is 11.7 Å². The van der Waals surface area contributed by atoms with Gasteiger partial charge in [-0.2, -0.15) is 5.10 Å². The van der Waals surface area contributed by atoms with Crippen molar-refractivity contribution < 1.29 is 9.58 Å². The highest BCUT2D eigenvalue weighted by Crippen LogP contribution is 2.51. The SMILES string of the molecule is [C-]#[N+]C1=C(c2cccc(C#Cc3cccc(/C=N\N=C(N)N)c3)c2)ON(C(C)(C)C)C1c1c2cccccc-2c(/C=[N+](\[O-])C(C)(C)C)c1[Si](C)(C)C(C)(C)C. The summed E-state index contributed by atoms with van der Waals surface area (Å²) in [6.45, 7) is 32.4. The molecule has 2 aliphatic carbocycles. The summed E-state index contributed by atoms with van der Waals surface area (Å²) in [4.78, 5) is 11.2. The van der Waals surface area contributed by atoms with Crippen LogP contribution in [0.4, 0.5) is 0 Å². The molecule has 4 N–H and O–H groups in total. The molecule has 2 aromatic carbocycles. The van der Waals surface area contributed by atoms with Gasteiger partial charge in [-0.3, -0.25) is 0 Å². The Bertz CT molecular complexity index is 2290. The Balaban J connectivity index is 1.75. The van der Waals surface area contributed by atoms with Gasteiger partial charge in [-0.05, 0) is 77.5 Å². The predicted octanol–water partition coefficient (Wildman–Crippen LogP) is 8.62. The summed E-state index contributed by atoms with van der Waals surface area (Å²) < 4.78 is 1.07. The molecule has 0 aromatic heterocycles. The van der Waals surface area contributed by atoms with Crippen molar-refractivity contribution in [1.29, 1.82) is 0 Å². The normalized spacial score (nSPS) is 15.8. The van der Waals surface area contributed by atoms with E-state index in [0.717, 1.165) is 49.2 Å². The Hall–Kier alpha value is -5.68. The van der Waals surface area contributed by atoms with Crippen LogP contribution in [0.1, 0.15) is 102 Å². The number of rotatable bonds is 6. The minimum atomic E-state index is -2.42. The summed E-state index contributed by atoms with van der Waals surface area (Å²) in [5.41, 5.74) is 17.2. The average molecular weight is 752 g/mol. The van der Waals surface area contributed by atoms with Crippen LogP contribution in [0.2, 0.25) is 18.1 Å². The maximum atomic E-state index is 13.8. The zero-order valence-electron chi connectivity index (χ0n) is 33.9. The molecule has 0 bridgehead atoms. The first-order valence-electron chi connectivity index (χ1n) is 18.4. The molecule has 0 spiro atoms. The van der Waals surface area contributed by atoms with Gasteiger partial charge in [-0.25, -0.2) is 9.58 Å². The molecule has 1 unspecified atom stereocenters. The third kappa shape index (κ3) is 8.52. The van der Waals surface area contributed by atoms with E-state index in [9.17, 15) is 5.21 Å². The van der Waals surface area contributed by atoms with Crippen molar-refractivity contribution in [3.63, 3.8) is 0 Å². The Morgan fingerprint density at radius 2 is 1.51 bits per heavy atom. The van der Waals surface area contributed by atoms with Gasteiger partial charge in [0.05, 0.1) is 20.9 Å². The second-order valence-corrected chi connectivity index (χ2v) is 22.7. The standard InChI is InChI=1S/C45H53N7O2Si/c1-43(2,3)51(53)29-36-34-22-14-13-15-23-35(34)37(41(36)55(11,12)45(7,8)9)39-38(48-10)40(54-52(39)44(4,5)6)33-21-17-19-31(27-33)25-24-30-18-16-20-32(26-30)28-49-50-42(46)47/h13-23,26-29,39H,1-9,11-12H3,(H4,46,47,50)/b49-28-,51-29-. The van der Waals surface area contributed by atoms with Crippen LogP contribution >= 0.6 is 0 Å². The summed E-state index contributed by atoms with van der Waals surface area (Å²) in [6, 6.07) is 25.2. The fraction of sp³-hybridized carbons (Fsp3) is 0.333. The maximum Gasteiger partial charge on any atom is 0.234 e. The molecule has 0 fully saturated rings. The molecule has 284 valence electrons. The summed E-state index contributed by atoms with van der Waals surface area (Å²) in [6.07, 6.45) is 3.35. The first kappa shape index (κ1) is 40.5. The Morgan fingerprint density at radius 3 is 2.09 bits per heavy atom. The molecule has 0 radical (unpaired) electrons. The number of guanidine groups is 1. The van der Waals surface area contributed by atoms with Gasteiger partial charge in [0.15, 0.2) is 17.5 Å². The highest BCUT2D eigenvalue weighted by atomic mass is 28.3. The van der Waals surface area contributed by atoms with E-state index in [1.54, 1.807) is 12.4 Å². The molecular weight excluding hydrogens is 699 g/mol. The molecule has 10 heteroatoms. The summed E-state index contributed by atoms with van der Waals surface area (Å²) in [5, 5.41) is 24.4. The lowest BCUT2D eigenvalue weighted by atomic mass is 9.95. The van der Waals surface area contributed by atoms with Crippen molar-refractivity contribution in [2.24, 2.45) is 21.7 Å². The Kier molecular flexibility index (Phi) is 11.2. The lowest BCUT2D eigenvalue weighted by molar-refractivity contribution is -0.530. The van der Waals surface area contributed by atoms with Crippen molar-refractivity contribution in [2.45, 2.75) is 97.6 Å². The monoisotopic (exact) mass is 751 g/mol. The second kappa shape index (κ2) is 15.2. The van der Waals surface area contributed by atoms with Crippen LogP contribution in [0, 0.1) is 23.6 Å². The summed E-state index contributed by atoms with van der Waals surface area (Å²) in [7, 11) is -2.42. The Labute approximate surface area is 327 Å². The predicted molar refractivity (Wildman–Crippen MR) is 230 cm³/mol. The van der Waals surface area contributed by atoms with Crippen LogP contribution in [0.5, 0.6) is 0 Å². The lowest BCUT2D eigenvalue weighted by Gasteiger charge is -2.41. The van der Waals surface area contributed by atoms with E-state index < -0.39 is 25.2 Å². The van der Waals surface area contributed by atoms with Crippen molar-refractivity contribution in [1.82, 2.24) is 5.06 Å². The van der Waals surface area contributed by atoms with Gasteiger partial charge in [0, 0.05) is 48.6 Å². The van der Waals surface area contributed by atoms with Crippen LogP contribution < -0.4 is 16.7 Å². The largest absolute Gasteiger partial charge is 0.623 e. The van der Waals surface area contributed by atoms with Crippen LogP contribution in [0.3, 0.4) is 0 Å². The van der Waals surface area contributed by atoms with E-state index in [4.69, 9.17) is 22.9 Å². The molecule has 0 saturated heterocycles. The van der Waals surface area contributed by atoms with E-state index >= 15 is 0 Å². The van der Waals surface area contributed by atoms with Crippen molar-refractivity contribution in [3.05, 3.63) is 135 Å². The topological polar surface area (TPSA) is 120 Å². The van der Waals surface area contributed by atoms with Crippen molar-refractivity contribution >= 4 is 37.4 Å². The molecule has 9 nitrogen and oxygen atoms in total. The first-order valence-corrected chi connectivity index (χ1v) is 21.4.